The first kappa shape index (κ1) is 18.7. The number of rotatable bonds is 7. The monoisotopic (exact) mass is 379 g/mol. The Morgan fingerprint density at radius 2 is 2.00 bits per heavy atom. The molecule has 0 spiro atoms. The molecule has 4 N–H and O–H groups in total. The van der Waals surface area contributed by atoms with E-state index in [1.54, 1.807) is 0 Å². The average molecular weight is 380 g/mol. The van der Waals surface area contributed by atoms with Gasteiger partial charge in [-0.25, -0.2) is 9.50 Å². The summed E-state index contributed by atoms with van der Waals surface area (Å²) in [5.41, 5.74) is 10.4. The van der Waals surface area contributed by atoms with E-state index in [9.17, 15) is 0 Å². The summed E-state index contributed by atoms with van der Waals surface area (Å²) in [5.74, 6) is 1.64. The largest absolute Gasteiger partial charge is 0.380 e. The SMILES string of the molecule is CCCCNc1nc(N)c2ncc(Cc3ccc(C4CCNCC4)cc3)n2n1. The summed E-state index contributed by atoms with van der Waals surface area (Å²) in [7, 11) is 0. The van der Waals surface area contributed by atoms with Crippen molar-refractivity contribution < 1.29 is 0 Å². The number of imidazole rings is 1. The number of nitrogens with one attached hydrogen (secondary N) is 2. The Balaban J connectivity index is 1.52. The first-order valence-electron chi connectivity index (χ1n) is 10.3. The van der Waals surface area contributed by atoms with E-state index in [1.165, 1.54) is 24.0 Å². The van der Waals surface area contributed by atoms with Crippen LogP contribution >= 0.6 is 0 Å². The second-order valence-corrected chi connectivity index (χ2v) is 7.53. The standard InChI is InChI=1S/C21H29N7/c1-2-3-10-24-21-26-19(22)20-25-14-18(28(20)27-21)13-15-4-6-16(7-5-15)17-8-11-23-12-9-17/h4-7,14,17,23H,2-3,8-13H2,1H3,(H3,22,24,26,27). The highest BCUT2D eigenvalue weighted by molar-refractivity contribution is 5.61. The number of nitrogens with two attached hydrogens (primary N) is 1. The quantitative estimate of drug-likeness (QED) is 0.547. The minimum Gasteiger partial charge on any atom is -0.380 e. The molecule has 28 heavy (non-hydrogen) atoms. The molecule has 3 aromatic rings. The van der Waals surface area contributed by atoms with E-state index in [-0.39, 0.29) is 0 Å². The molecule has 3 heterocycles. The third-order valence-electron chi connectivity index (χ3n) is 5.45. The number of nitrogens with zero attached hydrogens (tertiary/aromatic N) is 4. The number of unbranched alkanes of at least 4 members (excludes halogenated alkanes) is 1. The van der Waals surface area contributed by atoms with Crippen molar-refractivity contribution in [3.63, 3.8) is 0 Å². The molecule has 1 fully saturated rings. The molecule has 0 amide bonds. The van der Waals surface area contributed by atoms with Gasteiger partial charge in [0.05, 0.1) is 11.9 Å². The normalized spacial score (nSPS) is 15.2. The Morgan fingerprint density at radius 3 is 2.75 bits per heavy atom. The van der Waals surface area contributed by atoms with Gasteiger partial charge in [0.15, 0.2) is 11.5 Å². The lowest BCUT2D eigenvalue weighted by atomic mass is 9.89. The Bertz CT molecular complexity index is 910. The molecular formula is C21H29N7. The van der Waals surface area contributed by atoms with Crippen LogP contribution in [-0.4, -0.2) is 39.2 Å². The molecule has 2 aromatic heterocycles. The van der Waals surface area contributed by atoms with Gasteiger partial charge in [0, 0.05) is 13.0 Å². The maximum Gasteiger partial charge on any atom is 0.243 e. The molecule has 148 valence electrons. The van der Waals surface area contributed by atoms with Gasteiger partial charge in [0.2, 0.25) is 5.95 Å². The van der Waals surface area contributed by atoms with Crippen LogP contribution in [0, 0.1) is 0 Å². The zero-order chi connectivity index (χ0) is 19.3. The van der Waals surface area contributed by atoms with Crippen molar-refractivity contribution in [3.8, 4) is 0 Å². The van der Waals surface area contributed by atoms with Crippen molar-refractivity contribution in [3.05, 3.63) is 47.3 Å². The van der Waals surface area contributed by atoms with E-state index < -0.39 is 0 Å². The molecule has 0 bridgehead atoms. The number of fused-ring (bicyclic) bond motifs is 1. The molecule has 0 aliphatic carbocycles. The van der Waals surface area contributed by atoms with Crippen LogP contribution in [-0.2, 0) is 6.42 Å². The van der Waals surface area contributed by atoms with Gasteiger partial charge in [0.1, 0.15) is 0 Å². The van der Waals surface area contributed by atoms with E-state index in [0.29, 0.717) is 23.3 Å². The molecule has 1 aliphatic heterocycles. The minimum atomic E-state index is 0.404. The lowest BCUT2D eigenvalue weighted by molar-refractivity contribution is 0.460. The molecule has 1 aliphatic rings. The number of hydrogen-bond acceptors (Lipinski definition) is 6. The second kappa shape index (κ2) is 8.56. The van der Waals surface area contributed by atoms with Gasteiger partial charge in [-0.3, -0.25) is 0 Å². The summed E-state index contributed by atoms with van der Waals surface area (Å²) in [6.07, 6.45) is 7.23. The molecule has 1 saturated heterocycles. The number of anilines is 2. The zero-order valence-corrected chi connectivity index (χ0v) is 16.5. The summed E-state index contributed by atoms with van der Waals surface area (Å²) in [6.45, 7) is 5.22. The summed E-state index contributed by atoms with van der Waals surface area (Å²) < 4.78 is 1.82. The van der Waals surface area contributed by atoms with Crippen LogP contribution in [0.4, 0.5) is 11.8 Å². The van der Waals surface area contributed by atoms with Crippen LogP contribution in [0.5, 0.6) is 0 Å². The highest BCUT2D eigenvalue weighted by atomic mass is 15.3. The maximum absolute atomic E-state index is 6.09. The van der Waals surface area contributed by atoms with Gasteiger partial charge in [-0.05, 0) is 49.4 Å². The Hall–Kier alpha value is -2.67. The average Bonchev–Trinajstić information content (AvgIpc) is 3.13. The van der Waals surface area contributed by atoms with Crippen LogP contribution < -0.4 is 16.4 Å². The van der Waals surface area contributed by atoms with Gasteiger partial charge in [-0.1, -0.05) is 37.6 Å². The minimum absolute atomic E-state index is 0.404. The molecule has 0 atom stereocenters. The zero-order valence-electron chi connectivity index (χ0n) is 16.5. The van der Waals surface area contributed by atoms with Gasteiger partial charge < -0.3 is 16.4 Å². The molecule has 4 rings (SSSR count). The number of hydrogen-bond donors (Lipinski definition) is 3. The summed E-state index contributed by atoms with van der Waals surface area (Å²) in [6, 6.07) is 8.99. The lowest BCUT2D eigenvalue weighted by Gasteiger charge is -2.23. The van der Waals surface area contributed by atoms with Gasteiger partial charge >= 0.3 is 0 Å². The van der Waals surface area contributed by atoms with Crippen LogP contribution in [0.3, 0.4) is 0 Å². The highest BCUT2D eigenvalue weighted by Crippen LogP contribution is 2.26. The fourth-order valence-corrected chi connectivity index (χ4v) is 3.79. The predicted molar refractivity (Wildman–Crippen MR) is 113 cm³/mol. The Kier molecular flexibility index (Phi) is 5.71. The molecule has 1 aromatic carbocycles. The predicted octanol–water partition coefficient (Wildman–Crippen LogP) is 2.98. The highest BCUT2D eigenvalue weighted by Gasteiger charge is 2.15. The third kappa shape index (κ3) is 4.09. The third-order valence-corrected chi connectivity index (χ3v) is 5.45. The van der Waals surface area contributed by atoms with Crippen LogP contribution in [0.2, 0.25) is 0 Å². The van der Waals surface area contributed by atoms with Gasteiger partial charge in [-0.15, -0.1) is 5.10 Å². The van der Waals surface area contributed by atoms with Gasteiger partial charge in [-0.2, -0.15) is 4.98 Å². The number of aromatic nitrogens is 4. The summed E-state index contributed by atoms with van der Waals surface area (Å²) in [4.78, 5) is 8.75. The maximum atomic E-state index is 6.09. The lowest BCUT2D eigenvalue weighted by Crippen LogP contribution is -2.26. The summed E-state index contributed by atoms with van der Waals surface area (Å²) in [5, 5.41) is 11.3. The molecule has 0 radical (unpaired) electrons. The topological polar surface area (TPSA) is 93.2 Å². The van der Waals surface area contributed by atoms with E-state index in [4.69, 9.17) is 5.73 Å². The van der Waals surface area contributed by atoms with Crippen molar-refractivity contribution in [2.24, 2.45) is 0 Å². The van der Waals surface area contributed by atoms with E-state index in [0.717, 1.165) is 44.6 Å². The van der Waals surface area contributed by atoms with E-state index >= 15 is 0 Å². The second-order valence-electron chi connectivity index (χ2n) is 7.53. The van der Waals surface area contributed by atoms with E-state index in [1.807, 2.05) is 10.7 Å². The Morgan fingerprint density at radius 1 is 1.21 bits per heavy atom. The van der Waals surface area contributed by atoms with E-state index in [2.05, 4.69) is 56.9 Å². The fourth-order valence-electron chi connectivity index (χ4n) is 3.79. The van der Waals surface area contributed by atoms with Crippen molar-refractivity contribution >= 4 is 17.4 Å². The van der Waals surface area contributed by atoms with Crippen LogP contribution in [0.1, 0.15) is 55.3 Å². The molecule has 7 heteroatoms. The molecule has 0 unspecified atom stereocenters. The van der Waals surface area contributed by atoms with Crippen LogP contribution in [0.25, 0.3) is 5.65 Å². The first-order chi connectivity index (χ1) is 13.7. The van der Waals surface area contributed by atoms with Crippen molar-refractivity contribution in [1.29, 1.82) is 0 Å². The molecular weight excluding hydrogens is 350 g/mol. The molecule has 0 saturated carbocycles. The van der Waals surface area contributed by atoms with Crippen molar-refractivity contribution in [1.82, 2.24) is 24.9 Å². The summed E-state index contributed by atoms with van der Waals surface area (Å²) >= 11 is 0. The van der Waals surface area contributed by atoms with Gasteiger partial charge in [0.25, 0.3) is 0 Å². The van der Waals surface area contributed by atoms with Crippen molar-refractivity contribution in [2.45, 2.75) is 44.9 Å². The van der Waals surface area contributed by atoms with Crippen LogP contribution in [0.15, 0.2) is 30.5 Å². The first-order valence-corrected chi connectivity index (χ1v) is 10.3. The molecule has 7 nitrogen and oxygen atoms in total. The van der Waals surface area contributed by atoms with Crippen molar-refractivity contribution in [2.75, 3.05) is 30.7 Å². The number of piperidine rings is 1. The Labute approximate surface area is 165 Å². The fraction of sp³-hybridized carbons (Fsp3) is 0.476. The number of benzene rings is 1. The number of nitrogen functional groups attached to an aromatic ring is 1. The smallest absolute Gasteiger partial charge is 0.243 e.